The standard InChI is InChI=1S/C25H22Cl2N2O5/c1-12-5-2-3-8-17(12)28-18(30)11-34-25(33)13-6-4-7-14(9-13)29-23(31)19-15-10-16(20(19)24(29)32)22(27)21(15)26/h2-9,15-16,19-22H,10-11H2,1H3,(H,28,30)/t15-,16-,19-,20+,21+,22+/m1/s1. The Bertz CT molecular complexity index is 1170. The Labute approximate surface area is 206 Å². The summed E-state index contributed by atoms with van der Waals surface area (Å²) < 4.78 is 5.15. The number of hydrogen-bond donors (Lipinski definition) is 1. The number of amides is 3. The lowest BCUT2D eigenvalue weighted by atomic mass is 9.80. The van der Waals surface area contributed by atoms with Gasteiger partial charge < -0.3 is 10.1 Å². The van der Waals surface area contributed by atoms with E-state index in [1.807, 2.05) is 19.1 Å². The maximum absolute atomic E-state index is 13.2. The maximum Gasteiger partial charge on any atom is 0.338 e. The molecule has 2 aliphatic carbocycles. The van der Waals surface area contributed by atoms with Gasteiger partial charge in [-0.1, -0.05) is 24.3 Å². The third kappa shape index (κ3) is 3.67. The highest BCUT2D eigenvalue weighted by Crippen LogP contribution is 2.59. The molecular weight excluding hydrogens is 479 g/mol. The summed E-state index contributed by atoms with van der Waals surface area (Å²) >= 11 is 12.8. The first-order valence-electron chi connectivity index (χ1n) is 11.1. The second-order valence-electron chi connectivity index (χ2n) is 9.01. The molecule has 1 N–H and O–H groups in total. The van der Waals surface area contributed by atoms with Gasteiger partial charge in [-0.2, -0.15) is 0 Å². The van der Waals surface area contributed by atoms with Crippen LogP contribution in [0, 0.1) is 30.6 Å². The van der Waals surface area contributed by atoms with E-state index in [0.717, 1.165) is 10.5 Å². The number of halogens is 2. The molecule has 2 aromatic carbocycles. The Kier molecular flexibility index (Phi) is 5.86. The van der Waals surface area contributed by atoms with Crippen LogP contribution in [0.2, 0.25) is 0 Å². The highest BCUT2D eigenvalue weighted by molar-refractivity contribution is 6.32. The molecule has 3 fully saturated rings. The summed E-state index contributed by atoms with van der Waals surface area (Å²) in [6.45, 7) is 1.38. The smallest absolute Gasteiger partial charge is 0.338 e. The van der Waals surface area contributed by atoms with Crippen molar-refractivity contribution in [1.29, 1.82) is 0 Å². The topological polar surface area (TPSA) is 92.8 Å². The zero-order valence-electron chi connectivity index (χ0n) is 18.2. The van der Waals surface area contributed by atoms with Crippen molar-refractivity contribution in [3.05, 3.63) is 59.7 Å². The fraction of sp³-hybridized carbons (Fsp3) is 0.360. The number of carbonyl (C=O) groups is 4. The van der Waals surface area contributed by atoms with Crippen LogP contribution in [0.25, 0.3) is 0 Å². The highest BCUT2D eigenvalue weighted by atomic mass is 35.5. The lowest BCUT2D eigenvalue weighted by Gasteiger charge is -2.28. The van der Waals surface area contributed by atoms with Gasteiger partial charge in [0, 0.05) is 5.69 Å². The third-order valence-electron chi connectivity index (χ3n) is 7.08. The van der Waals surface area contributed by atoms with Gasteiger partial charge in [0.15, 0.2) is 6.61 Å². The van der Waals surface area contributed by atoms with E-state index in [0.29, 0.717) is 17.8 Å². The van der Waals surface area contributed by atoms with Gasteiger partial charge in [-0.15, -0.1) is 23.2 Å². The Morgan fingerprint density at radius 3 is 2.29 bits per heavy atom. The number of esters is 1. The second-order valence-corrected chi connectivity index (χ2v) is 10.0. The van der Waals surface area contributed by atoms with Crippen LogP contribution in [-0.2, 0) is 19.1 Å². The summed E-state index contributed by atoms with van der Waals surface area (Å²) in [5.74, 6) is -3.02. The molecule has 2 aromatic rings. The largest absolute Gasteiger partial charge is 0.452 e. The molecule has 1 saturated heterocycles. The van der Waals surface area contributed by atoms with Crippen molar-refractivity contribution < 1.29 is 23.9 Å². The first-order valence-corrected chi connectivity index (χ1v) is 11.9. The number of imide groups is 1. The number of rotatable bonds is 5. The number of para-hydroxylation sites is 1. The second kappa shape index (κ2) is 8.71. The number of carbonyl (C=O) groups excluding carboxylic acids is 4. The van der Waals surface area contributed by atoms with Crippen LogP contribution in [0.1, 0.15) is 22.3 Å². The van der Waals surface area contributed by atoms with Crippen LogP contribution >= 0.6 is 23.2 Å². The number of hydrogen-bond acceptors (Lipinski definition) is 5. The molecule has 0 unspecified atom stereocenters. The zero-order valence-corrected chi connectivity index (χ0v) is 19.8. The maximum atomic E-state index is 13.2. The van der Waals surface area contributed by atoms with Gasteiger partial charge in [0.25, 0.3) is 5.91 Å². The van der Waals surface area contributed by atoms with E-state index in [2.05, 4.69) is 5.32 Å². The van der Waals surface area contributed by atoms with Crippen LogP contribution < -0.4 is 10.2 Å². The minimum absolute atomic E-state index is 0.125. The lowest BCUT2D eigenvalue weighted by molar-refractivity contribution is -0.123. The molecule has 5 rings (SSSR count). The van der Waals surface area contributed by atoms with Crippen LogP contribution in [0.3, 0.4) is 0 Å². The van der Waals surface area contributed by atoms with Gasteiger partial charge in [-0.05, 0) is 55.0 Å². The van der Waals surface area contributed by atoms with E-state index < -0.39 is 30.3 Å². The average molecular weight is 501 g/mol. The fourth-order valence-corrected chi connectivity index (χ4v) is 6.38. The number of nitrogens with one attached hydrogen (secondary N) is 1. The molecule has 2 saturated carbocycles. The van der Waals surface area contributed by atoms with Crippen molar-refractivity contribution in [2.75, 3.05) is 16.8 Å². The highest BCUT2D eigenvalue weighted by Gasteiger charge is 2.66. The van der Waals surface area contributed by atoms with Crippen molar-refractivity contribution in [2.45, 2.75) is 24.1 Å². The Balaban J connectivity index is 1.27. The molecule has 9 heteroatoms. The minimum Gasteiger partial charge on any atom is -0.452 e. The monoisotopic (exact) mass is 500 g/mol. The summed E-state index contributed by atoms with van der Waals surface area (Å²) in [6, 6.07) is 13.3. The zero-order chi connectivity index (χ0) is 24.1. The van der Waals surface area contributed by atoms with E-state index >= 15 is 0 Å². The molecule has 6 atom stereocenters. The summed E-state index contributed by atoms with van der Waals surface area (Å²) in [7, 11) is 0. The molecule has 7 nitrogen and oxygen atoms in total. The molecule has 1 aliphatic heterocycles. The number of fused-ring (bicyclic) bond motifs is 5. The Morgan fingerprint density at radius 2 is 1.65 bits per heavy atom. The van der Waals surface area contributed by atoms with Crippen LogP contribution in [-0.4, -0.2) is 41.1 Å². The molecular formula is C25H22Cl2N2O5. The lowest BCUT2D eigenvalue weighted by Crippen LogP contribution is -2.37. The molecule has 3 amide bonds. The molecule has 176 valence electrons. The molecule has 0 spiro atoms. The predicted molar refractivity (Wildman–Crippen MR) is 127 cm³/mol. The first kappa shape index (κ1) is 22.9. The van der Waals surface area contributed by atoms with Crippen molar-refractivity contribution in [3.63, 3.8) is 0 Å². The fourth-order valence-electron chi connectivity index (χ4n) is 5.49. The van der Waals surface area contributed by atoms with E-state index in [-0.39, 0.29) is 40.0 Å². The van der Waals surface area contributed by atoms with E-state index in [1.54, 1.807) is 24.3 Å². The summed E-state index contributed by atoms with van der Waals surface area (Å²) in [6.07, 6.45) is 0.680. The number of ether oxygens (including phenoxy) is 1. The molecule has 0 radical (unpaired) electrons. The van der Waals surface area contributed by atoms with Gasteiger partial charge in [0.05, 0.1) is 33.8 Å². The summed E-state index contributed by atoms with van der Waals surface area (Å²) in [5, 5.41) is 2.02. The average Bonchev–Trinajstić information content (AvgIpc) is 3.44. The van der Waals surface area contributed by atoms with E-state index in [9.17, 15) is 19.2 Å². The summed E-state index contributed by atoms with van der Waals surface area (Å²) in [5.41, 5.74) is 1.94. The third-order valence-corrected chi connectivity index (χ3v) is 8.40. The van der Waals surface area contributed by atoms with Gasteiger partial charge in [-0.3, -0.25) is 19.3 Å². The van der Waals surface area contributed by atoms with Crippen molar-refractivity contribution in [1.82, 2.24) is 0 Å². The first-order chi connectivity index (χ1) is 16.3. The number of alkyl halides is 2. The van der Waals surface area contributed by atoms with Gasteiger partial charge in [0.2, 0.25) is 11.8 Å². The number of nitrogens with zero attached hydrogens (tertiary/aromatic N) is 1. The van der Waals surface area contributed by atoms with E-state index in [4.69, 9.17) is 27.9 Å². The predicted octanol–water partition coefficient (Wildman–Crippen LogP) is 3.76. The molecule has 3 aliphatic rings. The van der Waals surface area contributed by atoms with Crippen molar-refractivity contribution in [2.24, 2.45) is 23.7 Å². The van der Waals surface area contributed by atoms with Gasteiger partial charge in [0.1, 0.15) is 0 Å². The summed E-state index contributed by atoms with van der Waals surface area (Å²) in [4.78, 5) is 52.2. The molecule has 1 heterocycles. The molecule has 0 aromatic heterocycles. The Morgan fingerprint density at radius 1 is 1.00 bits per heavy atom. The minimum atomic E-state index is -0.734. The Hall–Kier alpha value is -2.90. The van der Waals surface area contributed by atoms with Crippen molar-refractivity contribution >= 4 is 58.3 Å². The van der Waals surface area contributed by atoms with Crippen molar-refractivity contribution in [3.8, 4) is 0 Å². The normalized spacial score (nSPS) is 29.3. The number of anilines is 2. The van der Waals surface area contributed by atoms with Gasteiger partial charge >= 0.3 is 5.97 Å². The molecule has 34 heavy (non-hydrogen) atoms. The van der Waals surface area contributed by atoms with Gasteiger partial charge in [-0.25, -0.2) is 4.79 Å². The van der Waals surface area contributed by atoms with Crippen LogP contribution in [0.15, 0.2) is 48.5 Å². The van der Waals surface area contributed by atoms with Crippen LogP contribution in [0.4, 0.5) is 11.4 Å². The van der Waals surface area contributed by atoms with E-state index in [1.165, 1.54) is 12.1 Å². The number of aryl methyl sites for hydroxylation is 1. The number of benzene rings is 2. The van der Waals surface area contributed by atoms with Crippen LogP contribution in [0.5, 0.6) is 0 Å². The SMILES string of the molecule is Cc1ccccc1NC(=O)COC(=O)c1cccc(N2C(=O)[C@@H]3[C@H]4C[C@@H]([C@H](Cl)[C@H]4Cl)[C@@H]3C2=O)c1. The molecule has 2 bridgehead atoms. The quantitative estimate of drug-likeness (QED) is 0.383.